The van der Waals surface area contributed by atoms with E-state index in [-0.39, 0.29) is 5.82 Å². The van der Waals surface area contributed by atoms with Gasteiger partial charge in [-0.05, 0) is 18.9 Å². The summed E-state index contributed by atoms with van der Waals surface area (Å²) < 4.78 is 15.6. The number of aromatic nitrogens is 2. The summed E-state index contributed by atoms with van der Waals surface area (Å²) in [5, 5.41) is 4.47. The van der Waals surface area contributed by atoms with Gasteiger partial charge >= 0.3 is 0 Å². The Labute approximate surface area is 105 Å². The van der Waals surface area contributed by atoms with Gasteiger partial charge in [-0.15, -0.1) is 0 Å². The van der Waals surface area contributed by atoms with Crippen molar-refractivity contribution in [3.05, 3.63) is 35.8 Å². The van der Waals surface area contributed by atoms with Crippen LogP contribution in [0.1, 0.15) is 30.9 Å². The molecule has 0 radical (unpaired) electrons. The number of hydrogen-bond acceptors (Lipinski definition) is 2. The smallest absolute Gasteiger partial charge is 0.131 e. The van der Waals surface area contributed by atoms with Crippen molar-refractivity contribution < 1.29 is 4.39 Å². The molecular formula is C14H16FN3. The number of rotatable bonds is 2. The average Bonchev–Trinajstić information content (AvgIpc) is 2.55. The number of nitrogens with zero attached hydrogens (tertiary/aromatic N) is 2. The maximum atomic E-state index is 13.9. The lowest BCUT2D eigenvalue weighted by Crippen LogP contribution is -2.11. The average molecular weight is 245 g/mol. The second-order valence-electron chi connectivity index (χ2n) is 4.88. The van der Waals surface area contributed by atoms with Crippen molar-refractivity contribution in [1.29, 1.82) is 0 Å². The SMILES string of the molecule is Cn1nc(C2CCC2)c(-c2ccccc2F)c1N. The fourth-order valence-electron chi connectivity index (χ4n) is 2.47. The highest BCUT2D eigenvalue weighted by Gasteiger charge is 2.28. The van der Waals surface area contributed by atoms with Crippen LogP contribution in [0.15, 0.2) is 24.3 Å². The van der Waals surface area contributed by atoms with Crippen molar-refractivity contribution in [2.45, 2.75) is 25.2 Å². The van der Waals surface area contributed by atoms with Crippen LogP contribution >= 0.6 is 0 Å². The van der Waals surface area contributed by atoms with Gasteiger partial charge < -0.3 is 5.73 Å². The van der Waals surface area contributed by atoms with Gasteiger partial charge in [0.2, 0.25) is 0 Å². The summed E-state index contributed by atoms with van der Waals surface area (Å²) in [5.74, 6) is 0.739. The van der Waals surface area contributed by atoms with E-state index >= 15 is 0 Å². The molecule has 2 aromatic rings. The predicted octanol–water partition coefficient (Wildman–Crippen LogP) is 3.08. The Morgan fingerprint density at radius 1 is 1.33 bits per heavy atom. The highest BCUT2D eigenvalue weighted by Crippen LogP contribution is 2.43. The van der Waals surface area contributed by atoms with Crippen molar-refractivity contribution in [2.24, 2.45) is 7.05 Å². The van der Waals surface area contributed by atoms with Crippen molar-refractivity contribution in [3.63, 3.8) is 0 Å². The second kappa shape index (κ2) is 4.12. The van der Waals surface area contributed by atoms with Gasteiger partial charge in [0, 0.05) is 18.5 Å². The van der Waals surface area contributed by atoms with Gasteiger partial charge in [0.1, 0.15) is 11.6 Å². The molecule has 0 atom stereocenters. The molecule has 1 saturated carbocycles. The summed E-state index contributed by atoms with van der Waals surface area (Å²) in [5.41, 5.74) is 8.34. The third-order valence-corrected chi connectivity index (χ3v) is 3.75. The first-order chi connectivity index (χ1) is 8.68. The molecule has 2 N–H and O–H groups in total. The molecule has 1 heterocycles. The van der Waals surface area contributed by atoms with Gasteiger partial charge in [0.05, 0.1) is 11.3 Å². The first-order valence-corrected chi connectivity index (χ1v) is 6.25. The zero-order valence-corrected chi connectivity index (χ0v) is 10.4. The standard InChI is InChI=1S/C14H16FN3/c1-18-14(16)12(10-7-2-3-8-11(10)15)13(17-18)9-5-4-6-9/h2-3,7-9H,4-6,16H2,1H3. The normalized spacial score (nSPS) is 15.7. The fraction of sp³-hybridized carbons (Fsp3) is 0.357. The molecule has 0 spiro atoms. The minimum atomic E-state index is -0.238. The summed E-state index contributed by atoms with van der Waals surface area (Å²) in [6.07, 6.45) is 3.47. The molecule has 1 fully saturated rings. The number of nitrogen functional groups attached to an aromatic ring is 1. The highest BCUT2D eigenvalue weighted by molar-refractivity contribution is 5.77. The zero-order chi connectivity index (χ0) is 12.7. The molecule has 3 rings (SSSR count). The van der Waals surface area contributed by atoms with Crippen LogP contribution in [0, 0.1) is 5.82 Å². The lowest BCUT2D eigenvalue weighted by Gasteiger charge is -2.24. The highest BCUT2D eigenvalue weighted by atomic mass is 19.1. The van der Waals surface area contributed by atoms with E-state index in [1.807, 2.05) is 13.1 Å². The first-order valence-electron chi connectivity index (χ1n) is 6.25. The van der Waals surface area contributed by atoms with Gasteiger partial charge in [-0.3, -0.25) is 4.68 Å². The van der Waals surface area contributed by atoms with Crippen molar-refractivity contribution in [1.82, 2.24) is 9.78 Å². The Morgan fingerprint density at radius 3 is 2.67 bits per heavy atom. The number of aryl methyl sites for hydroxylation is 1. The third kappa shape index (κ3) is 1.60. The molecule has 1 aromatic carbocycles. The molecule has 0 amide bonds. The summed E-state index contributed by atoms with van der Waals surface area (Å²) in [6, 6.07) is 6.75. The number of anilines is 1. The number of nitrogens with two attached hydrogens (primary N) is 1. The van der Waals surface area contributed by atoms with Gasteiger partial charge in [-0.1, -0.05) is 24.6 Å². The molecule has 1 aromatic heterocycles. The number of hydrogen-bond donors (Lipinski definition) is 1. The summed E-state index contributed by atoms with van der Waals surface area (Å²) in [7, 11) is 1.81. The maximum Gasteiger partial charge on any atom is 0.131 e. The molecule has 0 aliphatic heterocycles. The predicted molar refractivity (Wildman–Crippen MR) is 69.6 cm³/mol. The molecule has 1 aliphatic carbocycles. The molecule has 0 unspecified atom stereocenters. The van der Waals surface area contributed by atoms with Gasteiger partial charge in [-0.25, -0.2) is 4.39 Å². The van der Waals surface area contributed by atoms with E-state index in [1.165, 1.54) is 12.5 Å². The van der Waals surface area contributed by atoms with Crippen LogP contribution in [-0.4, -0.2) is 9.78 Å². The van der Waals surface area contributed by atoms with Crippen molar-refractivity contribution in [3.8, 4) is 11.1 Å². The van der Waals surface area contributed by atoms with Crippen LogP contribution in [0.25, 0.3) is 11.1 Å². The minimum Gasteiger partial charge on any atom is -0.383 e. The monoisotopic (exact) mass is 245 g/mol. The third-order valence-electron chi connectivity index (χ3n) is 3.75. The van der Waals surface area contributed by atoms with Crippen molar-refractivity contribution >= 4 is 5.82 Å². The van der Waals surface area contributed by atoms with E-state index in [4.69, 9.17) is 5.73 Å². The topological polar surface area (TPSA) is 43.8 Å². The fourth-order valence-corrected chi connectivity index (χ4v) is 2.47. The Balaban J connectivity index is 2.18. The largest absolute Gasteiger partial charge is 0.383 e. The van der Waals surface area contributed by atoms with Crippen LogP contribution < -0.4 is 5.73 Å². The quantitative estimate of drug-likeness (QED) is 0.883. The van der Waals surface area contributed by atoms with Crippen LogP contribution in [-0.2, 0) is 7.05 Å². The van der Waals surface area contributed by atoms with E-state index in [1.54, 1.807) is 16.8 Å². The van der Waals surface area contributed by atoms with Crippen LogP contribution in [0.4, 0.5) is 10.2 Å². The molecule has 4 heteroatoms. The molecule has 0 saturated heterocycles. The van der Waals surface area contributed by atoms with Crippen LogP contribution in [0.2, 0.25) is 0 Å². The Hall–Kier alpha value is -1.84. The molecule has 18 heavy (non-hydrogen) atoms. The molecule has 94 valence electrons. The number of halogens is 1. The zero-order valence-electron chi connectivity index (χ0n) is 10.4. The number of benzene rings is 1. The maximum absolute atomic E-state index is 13.9. The first kappa shape index (κ1) is 11.3. The van der Waals surface area contributed by atoms with Gasteiger partial charge in [0.15, 0.2) is 0 Å². The Morgan fingerprint density at radius 2 is 2.06 bits per heavy atom. The van der Waals surface area contributed by atoms with E-state index in [2.05, 4.69) is 5.10 Å². The van der Waals surface area contributed by atoms with E-state index in [0.717, 1.165) is 24.1 Å². The van der Waals surface area contributed by atoms with Gasteiger partial charge in [0.25, 0.3) is 0 Å². The lowest BCUT2D eigenvalue weighted by molar-refractivity contribution is 0.408. The summed E-state index contributed by atoms with van der Waals surface area (Å²) >= 11 is 0. The second-order valence-corrected chi connectivity index (χ2v) is 4.88. The van der Waals surface area contributed by atoms with Crippen LogP contribution in [0.5, 0.6) is 0 Å². The summed E-state index contributed by atoms with van der Waals surface area (Å²) in [6.45, 7) is 0. The minimum absolute atomic E-state index is 0.238. The van der Waals surface area contributed by atoms with E-state index < -0.39 is 0 Å². The van der Waals surface area contributed by atoms with E-state index in [0.29, 0.717) is 17.3 Å². The molecular weight excluding hydrogens is 229 g/mol. The van der Waals surface area contributed by atoms with E-state index in [9.17, 15) is 4.39 Å². The van der Waals surface area contributed by atoms with Crippen molar-refractivity contribution in [2.75, 3.05) is 5.73 Å². The van der Waals surface area contributed by atoms with Gasteiger partial charge in [-0.2, -0.15) is 5.10 Å². The Kier molecular flexibility index (Phi) is 2.58. The molecule has 1 aliphatic rings. The lowest BCUT2D eigenvalue weighted by atomic mass is 9.80. The Bertz CT molecular complexity index is 585. The molecule has 3 nitrogen and oxygen atoms in total. The molecule has 0 bridgehead atoms. The van der Waals surface area contributed by atoms with Crippen LogP contribution in [0.3, 0.4) is 0 Å². The summed E-state index contributed by atoms with van der Waals surface area (Å²) in [4.78, 5) is 0.